The number of ether oxygens (including phenoxy) is 3. The van der Waals surface area contributed by atoms with E-state index in [-0.39, 0.29) is 31.1 Å². The van der Waals surface area contributed by atoms with Crippen molar-refractivity contribution in [1.82, 2.24) is 0 Å². The van der Waals surface area contributed by atoms with Gasteiger partial charge in [-0.25, -0.2) is 0 Å². The van der Waals surface area contributed by atoms with Crippen molar-refractivity contribution in [3.05, 3.63) is 85.1 Å². The molecule has 0 amide bonds. The van der Waals surface area contributed by atoms with E-state index in [1.165, 1.54) is 64.2 Å². The minimum atomic E-state index is -0.778. The van der Waals surface area contributed by atoms with Gasteiger partial charge in [0.05, 0.1) is 0 Å². The summed E-state index contributed by atoms with van der Waals surface area (Å²) in [6.07, 6.45) is 64.6. The van der Waals surface area contributed by atoms with Crippen LogP contribution in [0.4, 0.5) is 0 Å². The molecular weight excluding hydrogens is 769 g/mol. The van der Waals surface area contributed by atoms with Gasteiger partial charge in [0.2, 0.25) is 0 Å². The van der Waals surface area contributed by atoms with E-state index in [4.69, 9.17) is 14.2 Å². The molecule has 0 aromatic heterocycles. The molecule has 1 atom stereocenters. The number of carbonyl (C=O) groups is 3. The van der Waals surface area contributed by atoms with Crippen LogP contribution < -0.4 is 0 Å². The van der Waals surface area contributed by atoms with Gasteiger partial charge in [-0.3, -0.25) is 14.4 Å². The molecule has 0 aliphatic rings. The third kappa shape index (κ3) is 47.6. The molecule has 62 heavy (non-hydrogen) atoms. The van der Waals surface area contributed by atoms with Gasteiger partial charge in [0.25, 0.3) is 0 Å². The van der Waals surface area contributed by atoms with E-state index in [0.717, 1.165) is 128 Å². The summed E-state index contributed by atoms with van der Waals surface area (Å²) >= 11 is 0. The van der Waals surface area contributed by atoms with Crippen LogP contribution in [0.25, 0.3) is 0 Å². The van der Waals surface area contributed by atoms with E-state index in [9.17, 15) is 14.4 Å². The second-order valence-electron chi connectivity index (χ2n) is 16.7. The summed E-state index contributed by atoms with van der Waals surface area (Å²) in [5.41, 5.74) is 0. The first kappa shape index (κ1) is 58.6. The van der Waals surface area contributed by atoms with Crippen LogP contribution in [-0.2, 0) is 28.6 Å². The second kappa shape index (κ2) is 50.2. The van der Waals surface area contributed by atoms with Crippen LogP contribution in [-0.4, -0.2) is 37.2 Å². The van der Waals surface area contributed by atoms with Crippen LogP contribution >= 0.6 is 0 Å². The molecule has 0 aromatic rings. The maximum absolute atomic E-state index is 12.7. The van der Waals surface area contributed by atoms with Gasteiger partial charge >= 0.3 is 17.9 Å². The molecule has 0 aliphatic heterocycles. The number of hydrogen-bond donors (Lipinski definition) is 0. The molecule has 0 aromatic carbocycles. The zero-order valence-electron chi connectivity index (χ0n) is 40.4. The number of esters is 3. The highest BCUT2D eigenvalue weighted by atomic mass is 16.6. The molecule has 0 saturated carbocycles. The van der Waals surface area contributed by atoms with E-state index in [0.29, 0.717) is 19.3 Å². The molecule has 0 radical (unpaired) electrons. The van der Waals surface area contributed by atoms with E-state index in [2.05, 4.69) is 106 Å². The molecule has 0 bridgehead atoms. The number of carbonyl (C=O) groups excluding carboxylic acids is 3. The zero-order chi connectivity index (χ0) is 45.1. The fraction of sp³-hybridized carbons (Fsp3) is 0.696. The highest BCUT2D eigenvalue weighted by Crippen LogP contribution is 2.14. The molecule has 0 fully saturated rings. The fourth-order valence-corrected chi connectivity index (χ4v) is 6.83. The first-order valence-electron chi connectivity index (χ1n) is 25.6. The third-order valence-corrected chi connectivity index (χ3v) is 10.7. The Balaban J connectivity index is 4.15. The van der Waals surface area contributed by atoms with Crippen molar-refractivity contribution in [2.45, 2.75) is 239 Å². The Bertz CT molecular complexity index is 1220. The van der Waals surface area contributed by atoms with E-state index in [1.807, 2.05) is 0 Å². The Morgan fingerprint density at radius 1 is 0.339 bits per heavy atom. The lowest BCUT2D eigenvalue weighted by Gasteiger charge is -2.18. The average Bonchev–Trinajstić information content (AvgIpc) is 3.27. The van der Waals surface area contributed by atoms with Crippen molar-refractivity contribution in [3.8, 4) is 0 Å². The largest absolute Gasteiger partial charge is 0.462 e. The predicted octanol–water partition coefficient (Wildman–Crippen LogP) is 16.8. The number of hydrogen-bond acceptors (Lipinski definition) is 6. The Kier molecular flexibility index (Phi) is 47.5. The molecule has 0 rings (SSSR count). The quantitative estimate of drug-likeness (QED) is 0.0263. The molecule has 0 N–H and O–H groups in total. The van der Waals surface area contributed by atoms with Gasteiger partial charge in [0.1, 0.15) is 13.2 Å². The van der Waals surface area contributed by atoms with Gasteiger partial charge in [-0.2, -0.15) is 0 Å². The average molecular weight is 863 g/mol. The highest BCUT2D eigenvalue weighted by molar-refractivity contribution is 5.71. The first-order chi connectivity index (χ1) is 30.5. The summed E-state index contributed by atoms with van der Waals surface area (Å²) in [5.74, 6) is -0.918. The molecule has 0 aliphatic carbocycles. The maximum Gasteiger partial charge on any atom is 0.306 e. The topological polar surface area (TPSA) is 78.9 Å². The number of unbranched alkanes of at least 4 members (excludes halogenated alkanes) is 20. The van der Waals surface area contributed by atoms with Gasteiger partial charge in [-0.05, 0) is 77.0 Å². The van der Waals surface area contributed by atoms with Crippen LogP contribution in [0.2, 0.25) is 0 Å². The fourth-order valence-electron chi connectivity index (χ4n) is 6.83. The highest BCUT2D eigenvalue weighted by Gasteiger charge is 2.19. The van der Waals surface area contributed by atoms with Crippen molar-refractivity contribution in [2.24, 2.45) is 0 Å². The summed E-state index contributed by atoms with van der Waals surface area (Å²) in [4.78, 5) is 37.6. The molecule has 0 spiro atoms. The molecule has 0 heterocycles. The van der Waals surface area contributed by atoms with Crippen LogP contribution in [0.1, 0.15) is 233 Å². The summed E-state index contributed by atoms with van der Waals surface area (Å²) in [5, 5.41) is 0. The van der Waals surface area contributed by atoms with Crippen LogP contribution in [0.15, 0.2) is 85.1 Å². The van der Waals surface area contributed by atoms with Gasteiger partial charge in [-0.1, -0.05) is 221 Å². The zero-order valence-corrected chi connectivity index (χ0v) is 40.4. The van der Waals surface area contributed by atoms with E-state index in [1.54, 1.807) is 0 Å². The van der Waals surface area contributed by atoms with Crippen molar-refractivity contribution in [3.63, 3.8) is 0 Å². The van der Waals surface area contributed by atoms with E-state index < -0.39 is 6.10 Å². The monoisotopic (exact) mass is 863 g/mol. The van der Waals surface area contributed by atoms with E-state index >= 15 is 0 Å². The predicted molar refractivity (Wildman–Crippen MR) is 265 cm³/mol. The lowest BCUT2D eigenvalue weighted by molar-refractivity contribution is -0.167. The maximum atomic E-state index is 12.7. The van der Waals surface area contributed by atoms with Crippen LogP contribution in [0, 0.1) is 0 Å². The normalized spacial score (nSPS) is 12.8. The smallest absolute Gasteiger partial charge is 0.306 e. The molecule has 6 nitrogen and oxygen atoms in total. The Morgan fingerprint density at radius 2 is 0.629 bits per heavy atom. The van der Waals surface area contributed by atoms with Crippen molar-refractivity contribution in [2.75, 3.05) is 13.2 Å². The molecule has 0 saturated heterocycles. The molecular formula is C56H94O6. The van der Waals surface area contributed by atoms with Crippen LogP contribution in [0.3, 0.4) is 0 Å². The number of allylic oxidation sites excluding steroid dienone is 14. The Labute approximate surface area is 382 Å². The minimum absolute atomic E-state index is 0.0822. The molecule has 354 valence electrons. The summed E-state index contributed by atoms with van der Waals surface area (Å²) in [6, 6.07) is 0. The molecule has 6 heteroatoms. The second-order valence-corrected chi connectivity index (χ2v) is 16.7. The first-order valence-corrected chi connectivity index (χ1v) is 25.6. The Morgan fingerprint density at radius 3 is 0.984 bits per heavy atom. The lowest BCUT2D eigenvalue weighted by Crippen LogP contribution is -2.30. The van der Waals surface area contributed by atoms with Gasteiger partial charge in [-0.15, -0.1) is 0 Å². The third-order valence-electron chi connectivity index (χ3n) is 10.7. The summed E-state index contributed by atoms with van der Waals surface area (Å²) < 4.78 is 16.6. The number of rotatable bonds is 45. The molecule has 1 unspecified atom stereocenters. The van der Waals surface area contributed by atoms with Gasteiger partial charge in [0.15, 0.2) is 6.10 Å². The Hall–Kier alpha value is -3.41. The minimum Gasteiger partial charge on any atom is -0.462 e. The van der Waals surface area contributed by atoms with Crippen molar-refractivity contribution < 1.29 is 28.6 Å². The van der Waals surface area contributed by atoms with Crippen molar-refractivity contribution in [1.29, 1.82) is 0 Å². The standard InChI is InChI=1S/C56H94O6/c1-4-7-10-13-15-17-19-21-22-23-24-25-26-27-28-29-30-31-32-33-34-35-37-38-40-43-46-49-55(58)61-52-53(51-60-54(57)48-45-42-12-9-6-3)62-56(59)50-47-44-41-39-36-20-18-16-14-11-8-5-2/h7,10,15,17,21-22,24-25,27-28,30-31,33-34,53H,4-6,8-9,11-14,16,18-20,23,26,29,32,35-52H2,1-3H3/b10-7-,17-15-,22-21-,25-24-,28-27-,31-30-,34-33-. The van der Waals surface area contributed by atoms with Crippen molar-refractivity contribution >= 4 is 17.9 Å². The SMILES string of the molecule is CC/C=C\C/C=C\C/C=C\C/C=C\C/C=C\C/C=C\C/C=C\CCCCCCCC(=O)OCC(COC(=O)CCCCCCC)OC(=O)CCCCCCCCCCCCCC. The van der Waals surface area contributed by atoms with Gasteiger partial charge in [0, 0.05) is 19.3 Å². The summed E-state index contributed by atoms with van der Waals surface area (Å²) in [6.45, 7) is 6.41. The van der Waals surface area contributed by atoms with Gasteiger partial charge < -0.3 is 14.2 Å². The summed E-state index contributed by atoms with van der Waals surface area (Å²) in [7, 11) is 0. The lowest BCUT2D eigenvalue weighted by atomic mass is 10.0. The van der Waals surface area contributed by atoms with Crippen LogP contribution in [0.5, 0.6) is 0 Å².